The molecule has 1 aromatic carbocycles. The van der Waals surface area contributed by atoms with Gasteiger partial charge in [-0.15, -0.1) is 0 Å². The van der Waals surface area contributed by atoms with E-state index in [9.17, 15) is 8.42 Å². The molecule has 4 aromatic heterocycles. The van der Waals surface area contributed by atoms with Gasteiger partial charge >= 0.3 is 0 Å². The normalized spacial score (nSPS) is 11.9. The van der Waals surface area contributed by atoms with Gasteiger partial charge in [-0.25, -0.2) is 18.4 Å². The molecule has 36 heavy (non-hydrogen) atoms. The Morgan fingerprint density at radius 2 is 1.83 bits per heavy atom. The van der Waals surface area contributed by atoms with Crippen LogP contribution in [-0.2, 0) is 23.0 Å². The molecular formula is C26H28N6O3S. The maximum atomic E-state index is 13.3. The van der Waals surface area contributed by atoms with Crippen LogP contribution < -0.4 is 4.72 Å². The Morgan fingerprint density at radius 1 is 1.06 bits per heavy atom. The number of aryl methyl sites for hydroxylation is 4. The van der Waals surface area contributed by atoms with E-state index in [4.69, 9.17) is 14.5 Å². The molecule has 0 radical (unpaired) electrons. The molecule has 0 saturated carbocycles. The lowest BCUT2D eigenvalue weighted by molar-refractivity contribution is 0.399. The summed E-state index contributed by atoms with van der Waals surface area (Å²) in [5.41, 5.74) is 6.02. The van der Waals surface area contributed by atoms with Gasteiger partial charge in [0.15, 0.2) is 11.5 Å². The summed E-state index contributed by atoms with van der Waals surface area (Å²) in [6, 6.07) is 10.9. The van der Waals surface area contributed by atoms with Crippen molar-refractivity contribution in [1.82, 2.24) is 24.3 Å². The molecule has 0 saturated heterocycles. The second-order valence-electron chi connectivity index (χ2n) is 8.93. The van der Waals surface area contributed by atoms with Crippen LogP contribution in [0.25, 0.3) is 16.9 Å². The van der Waals surface area contributed by atoms with E-state index in [2.05, 4.69) is 28.3 Å². The van der Waals surface area contributed by atoms with E-state index in [-0.39, 0.29) is 10.7 Å². The number of aromatic nitrogens is 5. The Balaban J connectivity index is 1.50. The fourth-order valence-electron chi connectivity index (χ4n) is 4.34. The van der Waals surface area contributed by atoms with E-state index in [0.717, 1.165) is 40.2 Å². The number of rotatable bonds is 7. The van der Waals surface area contributed by atoms with Crippen molar-refractivity contribution < 1.29 is 12.9 Å². The Kier molecular flexibility index (Phi) is 5.91. The minimum Gasteiger partial charge on any atom is -0.359 e. The van der Waals surface area contributed by atoms with Gasteiger partial charge in [0, 0.05) is 30.1 Å². The van der Waals surface area contributed by atoms with Gasteiger partial charge in [0.2, 0.25) is 0 Å². The highest BCUT2D eigenvalue weighted by molar-refractivity contribution is 7.92. The van der Waals surface area contributed by atoms with E-state index in [1.807, 2.05) is 42.1 Å². The number of para-hydroxylation sites is 1. The lowest BCUT2D eigenvalue weighted by atomic mass is 10.2. The summed E-state index contributed by atoms with van der Waals surface area (Å²) in [6.07, 6.45) is 4.58. The number of hydrogen-bond acceptors (Lipinski definition) is 6. The molecule has 10 heteroatoms. The third kappa shape index (κ3) is 4.17. The Bertz CT molecular complexity index is 1690. The van der Waals surface area contributed by atoms with Gasteiger partial charge in [0.1, 0.15) is 22.0 Å². The molecule has 0 unspecified atom stereocenters. The first-order chi connectivity index (χ1) is 17.2. The number of pyridine rings is 1. The molecule has 5 rings (SSSR count). The molecule has 0 aliphatic carbocycles. The summed E-state index contributed by atoms with van der Waals surface area (Å²) in [5.74, 6) is 1.71. The van der Waals surface area contributed by atoms with Gasteiger partial charge in [0.05, 0.1) is 12.2 Å². The molecule has 0 spiro atoms. The van der Waals surface area contributed by atoms with E-state index >= 15 is 0 Å². The number of nitrogens with zero attached hydrogens (tertiary/aromatic N) is 5. The molecule has 0 aliphatic rings. The molecule has 9 nitrogen and oxygen atoms in total. The molecule has 1 N–H and O–H groups in total. The summed E-state index contributed by atoms with van der Waals surface area (Å²) in [7, 11) is -3.91. The van der Waals surface area contributed by atoms with Crippen molar-refractivity contribution in [3.8, 4) is 5.69 Å². The summed E-state index contributed by atoms with van der Waals surface area (Å²) in [5, 5.41) is 3.84. The summed E-state index contributed by atoms with van der Waals surface area (Å²) in [6.45, 7) is 10.2. The Labute approximate surface area is 209 Å². The monoisotopic (exact) mass is 504 g/mol. The first-order valence-electron chi connectivity index (χ1n) is 11.7. The van der Waals surface area contributed by atoms with E-state index < -0.39 is 10.0 Å². The van der Waals surface area contributed by atoms with Crippen molar-refractivity contribution in [2.75, 3.05) is 4.72 Å². The topological polar surface area (TPSA) is 108 Å². The van der Waals surface area contributed by atoms with Crippen molar-refractivity contribution in [2.45, 2.75) is 52.5 Å². The minimum atomic E-state index is -3.91. The van der Waals surface area contributed by atoms with E-state index in [1.54, 1.807) is 32.0 Å². The number of sulfonamides is 1. The van der Waals surface area contributed by atoms with Gasteiger partial charge in [-0.1, -0.05) is 24.2 Å². The predicted molar refractivity (Wildman–Crippen MR) is 138 cm³/mol. The fraction of sp³-hybridized carbons (Fsp3) is 0.269. The highest BCUT2D eigenvalue weighted by atomic mass is 32.2. The molecular weight excluding hydrogens is 476 g/mol. The quantitative estimate of drug-likeness (QED) is 0.339. The maximum Gasteiger partial charge on any atom is 0.265 e. The van der Waals surface area contributed by atoms with E-state index in [1.165, 1.54) is 0 Å². The van der Waals surface area contributed by atoms with Gasteiger partial charge in [-0.2, -0.15) is 0 Å². The average Bonchev–Trinajstić information content (AvgIpc) is 3.54. The van der Waals surface area contributed by atoms with Crippen LogP contribution in [-0.4, -0.2) is 32.7 Å². The highest BCUT2D eigenvalue weighted by Crippen LogP contribution is 2.26. The first kappa shape index (κ1) is 23.8. The van der Waals surface area contributed by atoms with Crippen LogP contribution in [0.4, 0.5) is 5.82 Å². The second-order valence-corrected chi connectivity index (χ2v) is 10.6. The zero-order valence-electron chi connectivity index (χ0n) is 20.9. The fourth-order valence-corrected chi connectivity index (χ4v) is 5.61. The second kappa shape index (κ2) is 8.94. The molecule has 0 bridgehead atoms. The van der Waals surface area contributed by atoms with Gasteiger partial charge in [0.25, 0.3) is 10.0 Å². The van der Waals surface area contributed by atoms with Crippen LogP contribution in [0.3, 0.4) is 0 Å². The van der Waals surface area contributed by atoms with Crippen molar-refractivity contribution in [2.24, 2.45) is 0 Å². The third-order valence-electron chi connectivity index (χ3n) is 6.33. The predicted octanol–water partition coefficient (Wildman–Crippen LogP) is 4.86. The number of fused-ring (bicyclic) bond motifs is 1. The molecule has 0 amide bonds. The molecule has 5 aromatic rings. The van der Waals surface area contributed by atoms with Crippen LogP contribution in [0.15, 0.2) is 58.2 Å². The van der Waals surface area contributed by atoms with Crippen molar-refractivity contribution >= 4 is 27.0 Å². The minimum absolute atomic E-state index is 0.141. The molecule has 186 valence electrons. The summed E-state index contributed by atoms with van der Waals surface area (Å²) >= 11 is 0. The number of anilines is 1. The number of imidazole rings is 1. The number of nitrogens with one attached hydrogen (secondary N) is 1. The van der Waals surface area contributed by atoms with Crippen molar-refractivity contribution in [3.05, 3.63) is 82.8 Å². The number of hydrogen-bond donors (Lipinski definition) is 1. The van der Waals surface area contributed by atoms with Crippen molar-refractivity contribution in [3.63, 3.8) is 0 Å². The molecule has 4 heterocycles. The average molecular weight is 505 g/mol. The van der Waals surface area contributed by atoms with Crippen LogP contribution >= 0.6 is 0 Å². The van der Waals surface area contributed by atoms with E-state index in [0.29, 0.717) is 23.6 Å². The van der Waals surface area contributed by atoms with Gasteiger partial charge in [-0.05, 0) is 63.1 Å². The summed E-state index contributed by atoms with van der Waals surface area (Å²) in [4.78, 5) is 9.72. The Morgan fingerprint density at radius 3 is 2.56 bits per heavy atom. The van der Waals surface area contributed by atoms with Crippen LogP contribution in [0, 0.1) is 27.7 Å². The zero-order chi connectivity index (χ0) is 25.6. The highest BCUT2D eigenvalue weighted by Gasteiger charge is 2.23. The van der Waals surface area contributed by atoms with Crippen molar-refractivity contribution in [1.29, 1.82) is 0 Å². The standard InChI is InChI=1S/C26H28N6O3S/c1-6-23-28-24-16(2)13-17(3)27-26(24)32(23)15-20-11-12-31(14-20)21-9-7-8-10-22(21)36(33,34)30-25-18(4)19(5)35-29-25/h7-14H,6,15H2,1-5H3,(H,29,30). The van der Waals surface area contributed by atoms with Crippen LogP contribution in [0.1, 0.15) is 40.9 Å². The van der Waals surface area contributed by atoms with Crippen LogP contribution in [0.2, 0.25) is 0 Å². The SMILES string of the molecule is CCc1nc2c(C)cc(C)nc2n1Cc1ccn(-c2ccccc2S(=O)(=O)Nc2noc(C)c2C)c1. The first-order valence-corrected chi connectivity index (χ1v) is 13.2. The number of benzene rings is 1. The largest absolute Gasteiger partial charge is 0.359 e. The molecule has 0 aliphatic heterocycles. The van der Waals surface area contributed by atoms with Gasteiger partial charge in [-0.3, -0.25) is 4.72 Å². The molecule has 0 atom stereocenters. The maximum absolute atomic E-state index is 13.3. The zero-order valence-corrected chi connectivity index (χ0v) is 21.7. The summed E-state index contributed by atoms with van der Waals surface area (Å²) < 4.78 is 38.2. The Hall–Kier alpha value is -3.92. The third-order valence-corrected chi connectivity index (χ3v) is 7.72. The van der Waals surface area contributed by atoms with Crippen LogP contribution in [0.5, 0.6) is 0 Å². The smallest absolute Gasteiger partial charge is 0.265 e. The molecule has 0 fully saturated rings. The lowest BCUT2D eigenvalue weighted by Gasteiger charge is -2.12. The van der Waals surface area contributed by atoms with Gasteiger partial charge < -0.3 is 13.7 Å². The lowest BCUT2D eigenvalue weighted by Crippen LogP contribution is -2.16.